The second-order valence-electron chi connectivity index (χ2n) is 5.58. The monoisotopic (exact) mass is 386 g/mol. The molecule has 7 heteroatoms. The standard InChI is InChI=1S/C21H22O7/c1-3-25-19(22)17-11-7-5-9-15(17)13-27-21(24)28-14-16-10-6-8-12-18(16)20(23)26-4-2/h5-12H,3-4,13-14H2,1-2H3. The fourth-order valence-corrected chi connectivity index (χ4v) is 2.42. The number of benzene rings is 2. The summed E-state index contributed by atoms with van der Waals surface area (Å²) in [7, 11) is 0. The molecule has 28 heavy (non-hydrogen) atoms. The Morgan fingerprint density at radius 1 is 0.643 bits per heavy atom. The number of hydrogen-bond acceptors (Lipinski definition) is 7. The average Bonchev–Trinajstić information content (AvgIpc) is 2.71. The second kappa shape index (κ2) is 10.7. The highest BCUT2D eigenvalue weighted by atomic mass is 16.7. The molecular weight excluding hydrogens is 364 g/mol. The van der Waals surface area contributed by atoms with Crippen molar-refractivity contribution >= 4 is 18.1 Å². The van der Waals surface area contributed by atoms with E-state index in [2.05, 4.69) is 0 Å². The Labute approximate surface area is 163 Å². The van der Waals surface area contributed by atoms with E-state index in [-0.39, 0.29) is 26.4 Å². The summed E-state index contributed by atoms with van der Waals surface area (Å²) in [6.45, 7) is 3.62. The van der Waals surface area contributed by atoms with Crippen LogP contribution in [0.5, 0.6) is 0 Å². The molecule has 2 aromatic carbocycles. The highest BCUT2D eigenvalue weighted by molar-refractivity contribution is 5.91. The lowest BCUT2D eigenvalue weighted by Crippen LogP contribution is -2.13. The molecule has 0 aliphatic rings. The van der Waals surface area contributed by atoms with Crippen LogP contribution in [-0.2, 0) is 32.2 Å². The van der Waals surface area contributed by atoms with E-state index >= 15 is 0 Å². The first-order valence-corrected chi connectivity index (χ1v) is 8.86. The Morgan fingerprint density at radius 2 is 1.04 bits per heavy atom. The third-order valence-electron chi connectivity index (χ3n) is 3.72. The van der Waals surface area contributed by atoms with Gasteiger partial charge in [0.1, 0.15) is 13.2 Å². The van der Waals surface area contributed by atoms with Gasteiger partial charge in [-0.25, -0.2) is 14.4 Å². The molecule has 2 aromatic rings. The Balaban J connectivity index is 1.95. The second-order valence-corrected chi connectivity index (χ2v) is 5.58. The van der Waals surface area contributed by atoms with E-state index in [1.54, 1.807) is 62.4 Å². The van der Waals surface area contributed by atoms with E-state index in [0.29, 0.717) is 22.3 Å². The molecule has 0 saturated carbocycles. The van der Waals surface area contributed by atoms with Crippen LogP contribution >= 0.6 is 0 Å². The third kappa shape index (κ3) is 5.84. The van der Waals surface area contributed by atoms with E-state index in [1.165, 1.54) is 0 Å². The predicted molar refractivity (Wildman–Crippen MR) is 99.8 cm³/mol. The van der Waals surface area contributed by atoms with Crippen molar-refractivity contribution in [2.75, 3.05) is 13.2 Å². The Bertz CT molecular complexity index is 762. The van der Waals surface area contributed by atoms with Gasteiger partial charge < -0.3 is 18.9 Å². The molecule has 0 bridgehead atoms. The number of hydrogen-bond donors (Lipinski definition) is 0. The van der Waals surface area contributed by atoms with Gasteiger partial charge >= 0.3 is 18.1 Å². The first-order valence-electron chi connectivity index (χ1n) is 8.86. The van der Waals surface area contributed by atoms with Gasteiger partial charge in [-0.2, -0.15) is 0 Å². The number of rotatable bonds is 8. The number of carbonyl (C=O) groups excluding carboxylic acids is 3. The maximum absolute atomic E-state index is 11.9. The minimum absolute atomic E-state index is 0.145. The topological polar surface area (TPSA) is 88.1 Å². The molecule has 2 rings (SSSR count). The molecular formula is C21H22O7. The van der Waals surface area contributed by atoms with Gasteiger partial charge in [-0.1, -0.05) is 36.4 Å². The molecule has 0 radical (unpaired) electrons. The average molecular weight is 386 g/mol. The largest absolute Gasteiger partial charge is 0.508 e. The van der Waals surface area contributed by atoms with E-state index in [0.717, 1.165) is 0 Å². The third-order valence-corrected chi connectivity index (χ3v) is 3.72. The van der Waals surface area contributed by atoms with Gasteiger partial charge in [0.15, 0.2) is 0 Å². The highest BCUT2D eigenvalue weighted by Gasteiger charge is 2.16. The predicted octanol–water partition coefficient (Wildman–Crippen LogP) is 3.89. The minimum Gasteiger partial charge on any atom is -0.462 e. The van der Waals surface area contributed by atoms with Crippen molar-refractivity contribution in [3.05, 3.63) is 70.8 Å². The van der Waals surface area contributed by atoms with Gasteiger partial charge in [0.2, 0.25) is 0 Å². The lowest BCUT2D eigenvalue weighted by molar-refractivity contribution is 0.0407. The van der Waals surface area contributed by atoms with Crippen molar-refractivity contribution in [3.63, 3.8) is 0 Å². The molecule has 0 fully saturated rings. The van der Waals surface area contributed by atoms with E-state index in [1.807, 2.05) is 0 Å². The zero-order valence-electron chi connectivity index (χ0n) is 15.8. The van der Waals surface area contributed by atoms with E-state index < -0.39 is 18.1 Å². The maximum atomic E-state index is 11.9. The first-order chi connectivity index (χ1) is 13.6. The Hall–Kier alpha value is -3.35. The van der Waals surface area contributed by atoms with Gasteiger partial charge in [0, 0.05) is 11.1 Å². The van der Waals surface area contributed by atoms with Crippen molar-refractivity contribution in [2.45, 2.75) is 27.1 Å². The molecule has 0 saturated heterocycles. The molecule has 0 amide bonds. The molecule has 0 aliphatic carbocycles. The van der Waals surface area contributed by atoms with Crippen LogP contribution in [0.25, 0.3) is 0 Å². The molecule has 7 nitrogen and oxygen atoms in total. The summed E-state index contributed by atoms with van der Waals surface area (Å²) in [5.41, 5.74) is 1.66. The zero-order valence-corrected chi connectivity index (χ0v) is 15.8. The van der Waals surface area contributed by atoms with Crippen molar-refractivity contribution < 1.29 is 33.3 Å². The molecule has 0 heterocycles. The van der Waals surface area contributed by atoms with Crippen molar-refractivity contribution in [2.24, 2.45) is 0 Å². The fourth-order valence-electron chi connectivity index (χ4n) is 2.42. The molecule has 0 aromatic heterocycles. The summed E-state index contributed by atoms with van der Waals surface area (Å²) >= 11 is 0. The maximum Gasteiger partial charge on any atom is 0.508 e. The van der Waals surface area contributed by atoms with Gasteiger partial charge in [0.05, 0.1) is 24.3 Å². The minimum atomic E-state index is -0.919. The van der Waals surface area contributed by atoms with Crippen LogP contribution in [0.3, 0.4) is 0 Å². The molecule has 0 spiro atoms. The molecule has 0 unspecified atom stereocenters. The van der Waals surface area contributed by atoms with Crippen LogP contribution in [0.2, 0.25) is 0 Å². The molecule has 0 atom stereocenters. The summed E-state index contributed by atoms with van der Waals surface area (Å²) in [4.78, 5) is 35.8. The van der Waals surface area contributed by atoms with Crippen LogP contribution in [-0.4, -0.2) is 31.3 Å². The van der Waals surface area contributed by atoms with E-state index in [9.17, 15) is 14.4 Å². The van der Waals surface area contributed by atoms with Gasteiger partial charge in [0.25, 0.3) is 0 Å². The summed E-state index contributed by atoms with van der Waals surface area (Å²) in [5.74, 6) is -0.975. The van der Waals surface area contributed by atoms with Crippen molar-refractivity contribution in [1.82, 2.24) is 0 Å². The lowest BCUT2D eigenvalue weighted by atomic mass is 10.1. The summed E-state index contributed by atoms with van der Waals surface area (Å²) in [6, 6.07) is 13.4. The Kier molecular flexibility index (Phi) is 8.02. The number of carbonyl (C=O) groups is 3. The first kappa shape index (κ1) is 21.0. The van der Waals surface area contributed by atoms with Crippen LogP contribution in [0.4, 0.5) is 4.79 Å². The summed E-state index contributed by atoms with van der Waals surface area (Å²) in [6.07, 6.45) is -0.919. The van der Waals surface area contributed by atoms with Crippen LogP contribution in [0.15, 0.2) is 48.5 Å². The zero-order chi connectivity index (χ0) is 20.4. The SMILES string of the molecule is CCOC(=O)c1ccccc1COC(=O)OCc1ccccc1C(=O)OCC. The van der Waals surface area contributed by atoms with Crippen LogP contribution in [0, 0.1) is 0 Å². The van der Waals surface area contributed by atoms with Gasteiger partial charge in [-0.05, 0) is 26.0 Å². The molecule has 0 aliphatic heterocycles. The highest BCUT2D eigenvalue weighted by Crippen LogP contribution is 2.14. The normalized spacial score (nSPS) is 10.1. The fraction of sp³-hybridized carbons (Fsp3) is 0.286. The quantitative estimate of drug-likeness (QED) is 0.502. The number of ether oxygens (including phenoxy) is 4. The number of esters is 2. The molecule has 0 N–H and O–H groups in total. The van der Waals surface area contributed by atoms with Gasteiger partial charge in [-0.3, -0.25) is 0 Å². The van der Waals surface area contributed by atoms with E-state index in [4.69, 9.17) is 18.9 Å². The van der Waals surface area contributed by atoms with Crippen LogP contribution < -0.4 is 0 Å². The molecule has 148 valence electrons. The summed E-state index contributed by atoms with van der Waals surface area (Å²) < 4.78 is 20.1. The summed E-state index contributed by atoms with van der Waals surface area (Å²) in [5, 5.41) is 0. The lowest BCUT2D eigenvalue weighted by Gasteiger charge is -2.11. The van der Waals surface area contributed by atoms with Crippen LogP contribution in [0.1, 0.15) is 45.7 Å². The van der Waals surface area contributed by atoms with Crippen molar-refractivity contribution in [1.29, 1.82) is 0 Å². The van der Waals surface area contributed by atoms with Crippen molar-refractivity contribution in [3.8, 4) is 0 Å². The Morgan fingerprint density at radius 3 is 1.43 bits per heavy atom. The smallest absolute Gasteiger partial charge is 0.462 e. The van der Waals surface area contributed by atoms with Gasteiger partial charge in [-0.15, -0.1) is 0 Å².